The summed E-state index contributed by atoms with van der Waals surface area (Å²) in [6.45, 7) is 4.93. The Hall–Kier alpha value is -1.67. The maximum absolute atomic E-state index is 12.9. The molecule has 3 unspecified atom stereocenters. The number of rotatable bonds is 4. The highest BCUT2D eigenvalue weighted by Gasteiger charge is 2.67. The summed E-state index contributed by atoms with van der Waals surface area (Å²) in [5, 5.41) is 12.5. The van der Waals surface area contributed by atoms with E-state index in [0.29, 0.717) is 16.8 Å². The summed E-state index contributed by atoms with van der Waals surface area (Å²) in [7, 11) is 0. The summed E-state index contributed by atoms with van der Waals surface area (Å²) in [6, 6.07) is 2.99. The zero-order valence-corrected chi connectivity index (χ0v) is 16.3. The van der Waals surface area contributed by atoms with E-state index in [2.05, 4.69) is 31.1 Å². The fourth-order valence-electron chi connectivity index (χ4n) is 4.58. The Kier molecular flexibility index (Phi) is 4.43. The monoisotopic (exact) mass is 422 g/mol. The Bertz CT molecular complexity index is 752. The lowest BCUT2D eigenvalue weighted by Gasteiger charge is -2.24. The number of piperidine rings is 1. The molecule has 3 aliphatic rings. The lowest BCUT2D eigenvalue weighted by molar-refractivity contribution is -0.120. The number of nitrogens with zero attached hydrogens (tertiary/aromatic N) is 3. The topological polar surface area (TPSA) is 85.8 Å². The number of carbonyl (C=O) groups is 2. The van der Waals surface area contributed by atoms with Gasteiger partial charge in [-0.3, -0.25) is 9.69 Å². The van der Waals surface area contributed by atoms with Gasteiger partial charge in [0.15, 0.2) is 0 Å². The number of carboxylic acid groups (broad SMARTS) is 1. The van der Waals surface area contributed by atoms with Crippen LogP contribution in [0.5, 0.6) is 0 Å². The summed E-state index contributed by atoms with van der Waals surface area (Å²) in [6.07, 6.45) is 2.88. The minimum atomic E-state index is -1.00. The van der Waals surface area contributed by atoms with Crippen molar-refractivity contribution < 1.29 is 14.7 Å². The molecule has 1 aromatic heterocycles. The first kappa shape index (κ1) is 17.7. The second-order valence-corrected chi connectivity index (χ2v) is 8.58. The summed E-state index contributed by atoms with van der Waals surface area (Å²) >= 11 is 3.31. The normalized spacial score (nSPS) is 30.3. The van der Waals surface area contributed by atoms with E-state index < -0.39 is 12.1 Å². The van der Waals surface area contributed by atoms with E-state index in [1.807, 2.05) is 19.1 Å². The van der Waals surface area contributed by atoms with Crippen LogP contribution in [0.2, 0.25) is 0 Å². The molecule has 2 N–H and O–H groups in total. The summed E-state index contributed by atoms with van der Waals surface area (Å²) in [5.74, 6) is 0.193. The summed E-state index contributed by atoms with van der Waals surface area (Å²) in [5.41, 5.74) is 0.795. The minimum absolute atomic E-state index is 0.0343. The molecular formula is C18H23BrN4O3. The van der Waals surface area contributed by atoms with Crippen LogP contribution in [0.4, 0.5) is 10.6 Å². The molecule has 2 amide bonds. The van der Waals surface area contributed by atoms with Crippen molar-refractivity contribution in [2.24, 2.45) is 5.41 Å². The lowest BCUT2D eigenvalue weighted by atomic mass is 9.98. The second-order valence-electron chi connectivity index (χ2n) is 7.76. The smallest absolute Gasteiger partial charge is 0.408 e. The number of likely N-dealkylation sites (tertiary alicyclic amines) is 2. The molecule has 0 bridgehead atoms. The molecule has 3 heterocycles. The molecule has 3 atom stereocenters. The predicted octanol–water partition coefficient (Wildman–Crippen LogP) is 2.70. The third-order valence-electron chi connectivity index (χ3n) is 5.98. The van der Waals surface area contributed by atoms with Crippen LogP contribution in [0.15, 0.2) is 16.7 Å². The van der Waals surface area contributed by atoms with Crippen molar-refractivity contribution in [1.82, 2.24) is 14.8 Å². The van der Waals surface area contributed by atoms with E-state index in [9.17, 15) is 14.7 Å². The number of anilines is 1. The third kappa shape index (κ3) is 3.09. The van der Waals surface area contributed by atoms with E-state index in [1.165, 1.54) is 17.7 Å². The van der Waals surface area contributed by atoms with E-state index in [1.54, 1.807) is 0 Å². The Balaban J connectivity index is 1.50. The van der Waals surface area contributed by atoms with E-state index >= 15 is 0 Å². The minimum Gasteiger partial charge on any atom is -0.465 e. The number of aromatic nitrogens is 1. The number of aryl methyl sites for hydroxylation is 1. The molecule has 1 saturated carbocycles. The van der Waals surface area contributed by atoms with Crippen LogP contribution in [0, 0.1) is 12.3 Å². The number of hydrogen-bond acceptors (Lipinski definition) is 4. The highest BCUT2D eigenvalue weighted by molar-refractivity contribution is 9.10. The van der Waals surface area contributed by atoms with Gasteiger partial charge in [-0.15, -0.1) is 0 Å². The first-order valence-corrected chi connectivity index (χ1v) is 9.86. The molecule has 140 valence electrons. The van der Waals surface area contributed by atoms with Crippen molar-refractivity contribution in [1.29, 1.82) is 0 Å². The van der Waals surface area contributed by atoms with Crippen LogP contribution in [0.3, 0.4) is 0 Å². The molecule has 0 spiro atoms. The van der Waals surface area contributed by atoms with Crippen molar-refractivity contribution in [3.05, 3.63) is 22.3 Å². The summed E-state index contributed by atoms with van der Waals surface area (Å²) < 4.78 is 0.633. The molecular weight excluding hydrogens is 400 g/mol. The van der Waals surface area contributed by atoms with Gasteiger partial charge >= 0.3 is 6.09 Å². The van der Waals surface area contributed by atoms with Gasteiger partial charge in [-0.25, -0.2) is 9.78 Å². The molecule has 0 aromatic carbocycles. The molecule has 8 heteroatoms. The van der Waals surface area contributed by atoms with Gasteiger partial charge in [0.25, 0.3) is 0 Å². The second kappa shape index (κ2) is 6.49. The van der Waals surface area contributed by atoms with Crippen LogP contribution in [0.1, 0.15) is 31.2 Å². The Morgan fingerprint density at radius 1 is 1.35 bits per heavy atom. The fraction of sp³-hybridized carbons (Fsp3) is 0.611. The largest absolute Gasteiger partial charge is 0.465 e. The van der Waals surface area contributed by atoms with Crippen molar-refractivity contribution in [2.45, 2.75) is 44.7 Å². The van der Waals surface area contributed by atoms with Gasteiger partial charge in [-0.05, 0) is 73.3 Å². The van der Waals surface area contributed by atoms with Gasteiger partial charge in [0.2, 0.25) is 5.91 Å². The fourth-order valence-corrected chi connectivity index (χ4v) is 4.89. The Morgan fingerprint density at radius 2 is 2.08 bits per heavy atom. The van der Waals surface area contributed by atoms with Crippen molar-refractivity contribution in [2.75, 3.05) is 25.0 Å². The highest BCUT2D eigenvalue weighted by atomic mass is 79.9. The average Bonchev–Trinajstić information content (AvgIpc) is 2.95. The van der Waals surface area contributed by atoms with Crippen molar-refractivity contribution in [3.63, 3.8) is 0 Å². The number of halogens is 1. The molecule has 4 rings (SSSR count). The molecule has 7 nitrogen and oxygen atoms in total. The van der Waals surface area contributed by atoms with Crippen LogP contribution < -0.4 is 5.32 Å². The van der Waals surface area contributed by atoms with Crippen molar-refractivity contribution in [3.8, 4) is 0 Å². The van der Waals surface area contributed by atoms with Gasteiger partial charge in [0.1, 0.15) is 16.5 Å². The molecule has 26 heavy (non-hydrogen) atoms. The first-order chi connectivity index (χ1) is 12.4. The number of nitrogens with one attached hydrogen (secondary N) is 1. The molecule has 2 aliphatic heterocycles. The SMILES string of the molecule is Cc1ccc(Br)nc1NC(=O)C1CC2(CN3CCCC3)CC2N1C(=O)O. The van der Waals surface area contributed by atoms with Crippen LogP contribution in [-0.4, -0.2) is 63.6 Å². The molecule has 1 aliphatic carbocycles. The Morgan fingerprint density at radius 3 is 2.77 bits per heavy atom. The highest BCUT2D eigenvalue weighted by Crippen LogP contribution is 2.60. The lowest BCUT2D eigenvalue weighted by Crippen LogP contribution is -2.45. The van der Waals surface area contributed by atoms with Gasteiger partial charge in [0.05, 0.1) is 0 Å². The standard InChI is InChI=1S/C18H23BrN4O3/c1-11-4-5-14(19)20-15(11)21-16(24)12-8-18(10-22-6-2-3-7-22)9-13(18)23(12)17(25)26/h4-5,12-13H,2-3,6-10H2,1H3,(H,25,26)(H,20,21,24). The van der Waals surface area contributed by atoms with Crippen LogP contribution >= 0.6 is 15.9 Å². The van der Waals surface area contributed by atoms with Gasteiger partial charge < -0.3 is 15.3 Å². The van der Waals surface area contributed by atoms with Crippen LogP contribution in [-0.2, 0) is 4.79 Å². The quantitative estimate of drug-likeness (QED) is 0.728. The number of amides is 2. The van der Waals surface area contributed by atoms with Crippen molar-refractivity contribution >= 4 is 33.7 Å². The van der Waals surface area contributed by atoms with E-state index in [0.717, 1.165) is 31.6 Å². The summed E-state index contributed by atoms with van der Waals surface area (Å²) in [4.78, 5) is 32.8. The maximum Gasteiger partial charge on any atom is 0.408 e. The molecule has 3 fully saturated rings. The zero-order valence-electron chi connectivity index (χ0n) is 14.7. The van der Waals surface area contributed by atoms with E-state index in [-0.39, 0.29) is 17.4 Å². The number of pyridine rings is 1. The first-order valence-electron chi connectivity index (χ1n) is 9.07. The molecule has 2 saturated heterocycles. The van der Waals surface area contributed by atoms with Crippen LogP contribution in [0.25, 0.3) is 0 Å². The van der Waals surface area contributed by atoms with Gasteiger partial charge in [-0.1, -0.05) is 6.07 Å². The van der Waals surface area contributed by atoms with Gasteiger partial charge in [0, 0.05) is 18.0 Å². The Labute approximate surface area is 160 Å². The van der Waals surface area contributed by atoms with E-state index in [4.69, 9.17) is 0 Å². The molecule has 0 radical (unpaired) electrons. The molecule has 1 aromatic rings. The maximum atomic E-state index is 12.9. The van der Waals surface area contributed by atoms with Gasteiger partial charge in [-0.2, -0.15) is 0 Å². The number of fused-ring (bicyclic) bond motifs is 1. The average molecular weight is 423 g/mol. The third-order valence-corrected chi connectivity index (χ3v) is 6.43. The number of carbonyl (C=O) groups excluding carboxylic acids is 1. The number of hydrogen-bond donors (Lipinski definition) is 2. The zero-order chi connectivity index (χ0) is 18.5. The predicted molar refractivity (Wildman–Crippen MR) is 100 cm³/mol.